The lowest BCUT2D eigenvalue weighted by molar-refractivity contribution is -0.114. The molecule has 0 spiro atoms. The Morgan fingerprint density at radius 1 is 0.845 bits per heavy atom. The topological polar surface area (TPSA) is 82.3 Å². The van der Waals surface area contributed by atoms with Crippen molar-refractivity contribution in [1.29, 1.82) is 0 Å². The molecular weight excluding hydrogens is 792 g/mol. The summed E-state index contributed by atoms with van der Waals surface area (Å²) >= 11 is 9.64. The summed E-state index contributed by atoms with van der Waals surface area (Å²) in [5.74, 6) is 2.92. The zero-order chi connectivity index (χ0) is 40.3. The van der Waals surface area contributed by atoms with Crippen molar-refractivity contribution >= 4 is 56.8 Å². The number of fused-ring (bicyclic) bond motifs is 1. The fourth-order valence-electron chi connectivity index (χ4n) is 7.81. The van der Waals surface area contributed by atoms with Gasteiger partial charge in [-0.2, -0.15) is 4.68 Å². The van der Waals surface area contributed by atoms with Crippen molar-refractivity contribution in [2.24, 2.45) is 16.8 Å². The van der Waals surface area contributed by atoms with Crippen LogP contribution in [0.5, 0.6) is 5.75 Å². The third-order valence-corrected chi connectivity index (χ3v) is 14.0. The second-order valence-electron chi connectivity index (χ2n) is 15.0. The number of hydrogen-bond donors (Lipinski definition) is 0. The Labute approximate surface area is 350 Å². The van der Waals surface area contributed by atoms with E-state index in [1.807, 2.05) is 47.1 Å². The van der Waals surface area contributed by atoms with Crippen LogP contribution >= 0.6 is 35.1 Å². The monoisotopic (exact) mass is 833 g/mol. The number of tetrazole rings is 1. The number of amides is 1. The zero-order valence-electron chi connectivity index (χ0n) is 32.3. The number of aliphatic imine (C=N–C) groups is 1. The van der Waals surface area contributed by atoms with E-state index in [9.17, 15) is 13.6 Å². The van der Waals surface area contributed by atoms with Gasteiger partial charge < -0.3 is 4.74 Å². The summed E-state index contributed by atoms with van der Waals surface area (Å²) in [6.07, 6.45) is 2.74. The lowest BCUT2D eigenvalue weighted by Gasteiger charge is -2.23. The van der Waals surface area contributed by atoms with Crippen molar-refractivity contribution < 1.29 is 18.3 Å². The highest BCUT2D eigenvalue weighted by molar-refractivity contribution is 8.14. The van der Waals surface area contributed by atoms with E-state index in [1.54, 1.807) is 44.5 Å². The summed E-state index contributed by atoms with van der Waals surface area (Å²) in [4.78, 5) is 16.7. The van der Waals surface area contributed by atoms with Crippen LogP contribution in [0.15, 0.2) is 130 Å². The lowest BCUT2D eigenvalue weighted by Crippen LogP contribution is -2.17. The minimum Gasteiger partial charge on any atom is -0.497 e. The third-order valence-electron chi connectivity index (χ3n) is 11.3. The molecule has 0 N–H and O–H groups in total. The number of carbonyl (C=O) groups is 1. The number of thioether (sulfide) groups is 2. The molecule has 58 heavy (non-hydrogen) atoms. The van der Waals surface area contributed by atoms with Gasteiger partial charge in [0.2, 0.25) is 5.16 Å². The second kappa shape index (κ2) is 17.6. The van der Waals surface area contributed by atoms with Gasteiger partial charge in [-0.1, -0.05) is 103 Å². The van der Waals surface area contributed by atoms with E-state index < -0.39 is 17.6 Å². The SMILES string of the molecule is COc1ccc(C2CC2CSC2=NC(=O)C(C)=C(C(C)c3c(F)cccc3F)C2)cc1.Clc1ccccc1C1CC1CSc1nnnn1-c1cccc2ccccc12. The molecule has 0 saturated heterocycles. The molecule has 5 atom stereocenters. The average molecular weight is 834 g/mol. The van der Waals surface area contributed by atoms with E-state index in [1.165, 1.54) is 41.1 Å². The third kappa shape index (κ3) is 8.77. The normalized spacial score (nSPS) is 20.3. The molecule has 2 heterocycles. The molecule has 5 unspecified atom stereocenters. The summed E-state index contributed by atoms with van der Waals surface area (Å²) < 4.78 is 35.7. The van der Waals surface area contributed by atoms with Crippen LogP contribution < -0.4 is 4.74 Å². The first-order valence-corrected chi connectivity index (χ1v) is 21.7. The van der Waals surface area contributed by atoms with Gasteiger partial charge in [-0.15, -0.1) is 16.9 Å². The van der Waals surface area contributed by atoms with Gasteiger partial charge in [0.25, 0.3) is 5.91 Å². The van der Waals surface area contributed by atoms with E-state index in [2.05, 4.69) is 69.0 Å². The molecule has 0 radical (unpaired) electrons. The zero-order valence-corrected chi connectivity index (χ0v) is 34.7. The molecule has 2 saturated carbocycles. The Bertz CT molecular complexity index is 2500. The summed E-state index contributed by atoms with van der Waals surface area (Å²) in [6.45, 7) is 3.44. The molecule has 3 aliphatic rings. The number of allylic oxidation sites excluding steroid dienone is 1. The van der Waals surface area contributed by atoms with Crippen LogP contribution in [0.3, 0.4) is 0 Å². The molecule has 7 nitrogen and oxygen atoms in total. The Balaban J connectivity index is 0.000000163. The van der Waals surface area contributed by atoms with E-state index in [-0.39, 0.29) is 11.5 Å². The van der Waals surface area contributed by atoms with Crippen LogP contribution in [-0.2, 0) is 4.79 Å². The van der Waals surface area contributed by atoms with Gasteiger partial charge in [-0.3, -0.25) is 4.79 Å². The number of ether oxygens (including phenoxy) is 1. The summed E-state index contributed by atoms with van der Waals surface area (Å²) in [5.41, 5.74) is 4.82. The number of rotatable bonds is 11. The van der Waals surface area contributed by atoms with Gasteiger partial charge in [0, 0.05) is 45.4 Å². The number of benzene rings is 5. The Morgan fingerprint density at radius 3 is 2.29 bits per heavy atom. The summed E-state index contributed by atoms with van der Waals surface area (Å²) in [6, 6.07) is 34.7. The molecule has 1 aliphatic heterocycles. The number of halogens is 3. The fourth-order valence-corrected chi connectivity index (χ4v) is 10.3. The van der Waals surface area contributed by atoms with Gasteiger partial charge in [0.1, 0.15) is 17.4 Å². The van der Waals surface area contributed by atoms with Gasteiger partial charge in [0.05, 0.1) is 17.8 Å². The minimum atomic E-state index is -0.586. The highest BCUT2D eigenvalue weighted by atomic mass is 35.5. The Morgan fingerprint density at radius 2 is 1.52 bits per heavy atom. The van der Waals surface area contributed by atoms with E-state index in [4.69, 9.17) is 16.3 Å². The first-order valence-electron chi connectivity index (χ1n) is 19.4. The van der Waals surface area contributed by atoms with Crippen molar-refractivity contribution in [2.75, 3.05) is 18.6 Å². The molecule has 2 aliphatic carbocycles. The van der Waals surface area contributed by atoms with E-state index in [0.717, 1.165) is 55.5 Å². The van der Waals surface area contributed by atoms with Crippen molar-refractivity contribution in [3.05, 3.63) is 154 Å². The maximum absolute atomic E-state index is 14.3. The van der Waals surface area contributed by atoms with Crippen LogP contribution in [-0.4, -0.2) is 49.8 Å². The molecule has 5 aromatic carbocycles. The predicted molar refractivity (Wildman–Crippen MR) is 231 cm³/mol. The first kappa shape index (κ1) is 40.0. The van der Waals surface area contributed by atoms with Gasteiger partial charge >= 0.3 is 0 Å². The van der Waals surface area contributed by atoms with Crippen LogP contribution in [0.4, 0.5) is 8.78 Å². The smallest absolute Gasteiger partial charge is 0.273 e. The molecule has 1 amide bonds. The van der Waals surface area contributed by atoms with Crippen molar-refractivity contribution in [2.45, 2.75) is 56.0 Å². The number of nitrogens with zero attached hydrogens (tertiary/aromatic N) is 5. The van der Waals surface area contributed by atoms with Gasteiger partial charge in [-0.05, 0) is 112 Å². The second-order valence-corrected chi connectivity index (χ2v) is 17.5. The van der Waals surface area contributed by atoms with Crippen molar-refractivity contribution in [3.8, 4) is 11.4 Å². The van der Waals surface area contributed by atoms with Crippen LogP contribution in [0.25, 0.3) is 16.5 Å². The largest absolute Gasteiger partial charge is 0.497 e. The van der Waals surface area contributed by atoms with Gasteiger partial charge in [0.15, 0.2) is 0 Å². The maximum Gasteiger partial charge on any atom is 0.273 e. The molecule has 6 aromatic rings. The number of dihydropyridines is 1. The highest BCUT2D eigenvalue weighted by Gasteiger charge is 2.40. The molecule has 0 bridgehead atoms. The van der Waals surface area contributed by atoms with E-state index in [0.29, 0.717) is 35.7 Å². The number of carbonyl (C=O) groups excluding carboxylic acids is 1. The summed E-state index contributed by atoms with van der Waals surface area (Å²) in [7, 11) is 1.66. The molecule has 2 fully saturated rings. The van der Waals surface area contributed by atoms with E-state index >= 15 is 0 Å². The molecular formula is C46H42ClF2N5O2S2. The first-order chi connectivity index (χ1) is 28.2. The molecule has 12 heteroatoms. The predicted octanol–water partition coefficient (Wildman–Crippen LogP) is 11.6. The van der Waals surface area contributed by atoms with Crippen LogP contribution in [0.1, 0.15) is 67.6 Å². The molecule has 296 valence electrons. The summed E-state index contributed by atoms with van der Waals surface area (Å²) in [5, 5.41) is 17.2. The maximum atomic E-state index is 14.3. The Hall–Kier alpha value is -4.84. The Kier molecular flexibility index (Phi) is 12.1. The number of aromatic nitrogens is 4. The quantitative estimate of drug-likeness (QED) is 0.120. The highest BCUT2D eigenvalue weighted by Crippen LogP contribution is 2.52. The van der Waals surface area contributed by atoms with Crippen LogP contribution in [0.2, 0.25) is 5.02 Å². The molecule has 9 rings (SSSR count). The lowest BCUT2D eigenvalue weighted by atomic mass is 9.86. The average Bonchev–Trinajstić information content (AvgIpc) is 4.15. The minimum absolute atomic E-state index is 0.0117. The standard InChI is InChI=1S/C25H25F2NO2S.C21H17ClN4S/c1-14(24-21(26)5-4-6-22(24)27)19-12-23(28-25(29)15(19)2)31-13-17-11-20(17)16-7-9-18(30-3)10-8-16;22-19-10-4-3-9-17(19)18-12-15(18)13-27-21-23-24-25-26(21)20-11-5-7-14-6-1-2-8-16(14)20/h4-10,14,17,20H,11-13H2,1-3H3;1-11,15,18H,12-13H2. The van der Waals surface area contributed by atoms with Crippen molar-refractivity contribution in [1.82, 2.24) is 20.2 Å². The van der Waals surface area contributed by atoms with Crippen LogP contribution in [0, 0.1) is 23.5 Å². The van der Waals surface area contributed by atoms with Crippen molar-refractivity contribution in [3.63, 3.8) is 0 Å². The molecule has 1 aromatic heterocycles. The fraction of sp³-hybridized carbons (Fsp3) is 0.283. The number of hydrogen-bond acceptors (Lipinski definition) is 7. The number of methoxy groups -OCH3 is 1. The van der Waals surface area contributed by atoms with Gasteiger partial charge in [-0.25, -0.2) is 13.8 Å².